The van der Waals surface area contributed by atoms with E-state index in [9.17, 15) is 9.59 Å². The van der Waals surface area contributed by atoms with Crippen LogP contribution in [0.3, 0.4) is 0 Å². The quantitative estimate of drug-likeness (QED) is 0.297. The Labute approximate surface area is 191 Å². The molecule has 33 heavy (non-hydrogen) atoms. The number of rotatable bonds is 7. The van der Waals surface area contributed by atoms with Gasteiger partial charge in [-0.1, -0.05) is 54.6 Å². The summed E-state index contributed by atoms with van der Waals surface area (Å²) < 4.78 is 5.81. The van der Waals surface area contributed by atoms with Crippen molar-refractivity contribution in [1.29, 1.82) is 0 Å². The third kappa shape index (κ3) is 6.15. The third-order valence-corrected chi connectivity index (χ3v) is 4.64. The van der Waals surface area contributed by atoms with Gasteiger partial charge in [-0.25, -0.2) is 5.43 Å². The Morgan fingerprint density at radius 2 is 1.33 bits per heavy atom. The Bertz CT molecular complexity index is 1270. The Morgan fingerprint density at radius 3 is 2.12 bits per heavy atom. The van der Waals surface area contributed by atoms with Gasteiger partial charge in [-0.05, 0) is 60.2 Å². The summed E-state index contributed by atoms with van der Waals surface area (Å²) in [5, 5.41) is 6.83. The molecule has 0 aliphatic heterocycles. The molecule has 0 fully saturated rings. The molecule has 0 aromatic heterocycles. The zero-order valence-electron chi connectivity index (χ0n) is 17.6. The molecular weight excluding hydrogens is 414 g/mol. The summed E-state index contributed by atoms with van der Waals surface area (Å²) in [7, 11) is 0. The zero-order chi connectivity index (χ0) is 22.9. The Hall–Kier alpha value is -4.71. The fourth-order valence-electron chi connectivity index (χ4n) is 3.04. The van der Waals surface area contributed by atoms with Gasteiger partial charge >= 0.3 is 0 Å². The van der Waals surface area contributed by atoms with E-state index in [1.54, 1.807) is 48.5 Å². The van der Waals surface area contributed by atoms with Crippen LogP contribution < -0.4 is 15.5 Å². The molecule has 0 atom stereocenters. The van der Waals surface area contributed by atoms with E-state index >= 15 is 0 Å². The Kier molecular flexibility index (Phi) is 6.88. The van der Waals surface area contributed by atoms with Crippen molar-refractivity contribution in [2.45, 2.75) is 0 Å². The minimum absolute atomic E-state index is 0.246. The van der Waals surface area contributed by atoms with Crippen molar-refractivity contribution in [1.82, 2.24) is 5.43 Å². The van der Waals surface area contributed by atoms with Crippen LogP contribution in [0.15, 0.2) is 114 Å². The van der Waals surface area contributed by atoms with Gasteiger partial charge in [0.25, 0.3) is 11.8 Å². The molecule has 162 valence electrons. The fraction of sp³-hybridized carbons (Fsp3) is 0. The Balaban J connectivity index is 1.36. The number of anilines is 1. The SMILES string of the molecule is O=C(N/N=C/c1cccc(Oc2ccccc2)c1)c1cccc(NC(=O)c2ccccc2)c1. The van der Waals surface area contributed by atoms with E-state index in [-0.39, 0.29) is 5.91 Å². The first-order valence-corrected chi connectivity index (χ1v) is 10.3. The van der Waals surface area contributed by atoms with Gasteiger partial charge in [-0.15, -0.1) is 0 Å². The molecule has 4 rings (SSSR count). The molecule has 2 N–H and O–H groups in total. The van der Waals surface area contributed by atoms with E-state index < -0.39 is 5.91 Å². The number of carbonyl (C=O) groups excluding carboxylic acids is 2. The topological polar surface area (TPSA) is 79.8 Å². The van der Waals surface area contributed by atoms with Crippen molar-refractivity contribution in [3.05, 3.63) is 126 Å². The van der Waals surface area contributed by atoms with Gasteiger partial charge in [-0.3, -0.25) is 9.59 Å². The number of ether oxygens (including phenoxy) is 1. The second-order valence-corrected chi connectivity index (χ2v) is 7.09. The maximum atomic E-state index is 12.5. The Morgan fingerprint density at radius 1 is 0.667 bits per heavy atom. The fourth-order valence-corrected chi connectivity index (χ4v) is 3.04. The first-order chi connectivity index (χ1) is 16.2. The first-order valence-electron chi connectivity index (χ1n) is 10.3. The molecule has 6 nitrogen and oxygen atoms in total. The number of amides is 2. The number of nitrogens with one attached hydrogen (secondary N) is 2. The van der Waals surface area contributed by atoms with E-state index in [4.69, 9.17) is 4.74 Å². The number of hydrazone groups is 1. The van der Waals surface area contributed by atoms with Gasteiger partial charge < -0.3 is 10.1 Å². The van der Waals surface area contributed by atoms with Crippen LogP contribution in [0.5, 0.6) is 11.5 Å². The monoisotopic (exact) mass is 435 g/mol. The number of benzene rings is 4. The predicted octanol–water partition coefficient (Wildman–Crippen LogP) is 5.50. The summed E-state index contributed by atoms with van der Waals surface area (Å²) in [4.78, 5) is 24.8. The summed E-state index contributed by atoms with van der Waals surface area (Å²) >= 11 is 0. The molecule has 0 saturated heterocycles. The van der Waals surface area contributed by atoms with Crippen LogP contribution in [0.1, 0.15) is 26.3 Å². The van der Waals surface area contributed by atoms with E-state index in [2.05, 4.69) is 15.8 Å². The molecule has 2 amide bonds. The molecular formula is C27H21N3O3. The van der Waals surface area contributed by atoms with Gasteiger partial charge in [0.15, 0.2) is 0 Å². The summed E-state index contributed by atoms with van der Waals surface area (Å²) in [6, 6.07) is 32.4. The van der Waals surface area contributed by atoms with Gasteiger partial charge in [0.2, 0.25) is 0 Å². The summed E-state index contributed by atoms with van der Waals surface area (Å²) in [5.41, 5.74) is 4.71. The van der Waals surface area contributed by atoms with Gasteiger partial charge in [0.1, 0.15) is 11.5 Å². The van der Waals surface area contributed by atoms with Crippen LogP contribution in [-0.2, 0) is 0 Å². The summed E-state index contributed by atoms with van der Waals surface area (Å²) in [5.74, 6) is 0.764. The van der Waals surface area contributed by atoms with Crippen molar-refractivity contribution in [3.8, 4) is 11.5 Å². The molecule has 4 aromatic carbocycles. The van der Waals surface area contributed by atoms with Gasteiger partial charge in [0.05, 0.1) is 6.21 Å². The second kappa shape index (κ2) is 10.5. The van der Waals surface area contributed by atoms with E-state index in [0.717, 1.165) is 11.3 Å². The number of carbonyl (C=O) groups is 2. The lowest BCUT2D eigenvalue weighted by molar-refractivity contribution is 0.0953. The third-order valence-electron chi connectivity index (χ3n) is 4.64. The highest BCUT2D eigenvalue weighted by Gasteiger charge is 2.08. The van der Waals surface area contributed by atoms with Crippen molar-refractivity contribution in [2.24, 2.45) is 5.10 Å². The molecule has 0 radical (unpaired) electrons. The zero-order valence-corrected chi connectivity index (χ0v) is 17.6. The molecule has 0 heterocycles. The number of hydrogen-bond acceptors (Lipinski definition) is 4. The normalized spacial score (nSPS) is 10.5. The number of para-hydroxylation sites is 1. The molecule has 0 saturated carbocycles. The lowest BCUT2D eigenvalue weighted by atomic mass is 10.1. The van der Waals surface area contributed by atoms with Crippen molar-refractivity contribution < 1.29 is 14.3 Å². The maximum absolute atomic E-state index is 12.5. The molecule has 4 aromatic rings. The highest BCUT2D eigenvalue weighted by Crippen LogP contribution is 2.21. The van der Waals surface area contributed by atoms with Crippen LogP contribution in [0.4, 0.5) is 5.69 Å². The van der Waals surface area contributed by atoms with Crippen LogP contribution in [0, 0.1) is 0 Å². The smallest absolute Gasteiger partial charge is 0.271 e. The highest BCUT2D eigenvalue weighted by atomic mass is 16.5. The van der Waals surface area contributed by atoms with Gasteiger partial charge in [-0.2, -0.15) is 5.10 Å². The molecule has 0 unspecified atom stereocenters. The molecule has 6 heteroatoms. The average molecular weight is 435 g/mol. The predicted molar refractivity (Wildman–Crippen MR) is 129 cm³/mol. The summed E-state index contributed by atoms with van der Waals surface area (Å²) in [6.07, 6.45) is 1.54. The van der Waals surface area contributed by atoms with Gasteiger partial charge in [0, 0.05) is 16.8 Å². The average Bonchev–Trinajstić information content (AvgIpc) is 2.85. The lowest BCUT2D eigenvalue weighted by Gasteiger charge is -2.07. The minimum atomic E-state index is -0.390. The molecule has 0 spiro atoms. The van der Waals surface area contributed by atoms with Crippen molar-refractivity contribution >= 4 is 23.7 Å². The van der Waals surface area contributed by atoms with Crippen LogP contribution in [0.25, 0.3) is 0 Å². The van der Waals surface area contributed by atoms with E-state index in [0.29, 0.717) is 22.6 Å². The summed E-state index contributed by atoms with van der Waals surface area (Å²) in [6.45, 7) is 0. The van der Waals surface area contributed by atoms with Crippen molar-refractivity contribution in [2.75, 3.05) is 5.32 Å². The minimum Gasteiger partial charge on any atom is -0.457 e. The molecule has 0 aliphatic carbocycles. The maximum Gasteiger partial charge on any atom is 0.271 e. The van der Waals surface area contributed by atoms with Crippen LogP contribution >= 0.6 is 0 Å². The molecule has 0 aliphatic rings. The van der Waals surface area contributed by atoms with Crippen LogP contribution in [-0.4, -0.2) is 18.0 Å². The van der Waals surface area contributed by atoms with Crippen LogP contribution in [0.2, 0.25) is 0 Å². The molecule has 0 bridgehead atoms. The number of nitrogens with zero attached hydrogens (tertiary/aromatic N) is 1. The second-order valence-electron chi connectivity index (χ2n) is 7.09. The highest BCUT2D eigenvalue weighted by molar-refractivity contribution is 6.05. The number of hydrogen-bond donors (Lipinski definition) is 2. The first kappa shape index (κ1) is 21.5. The van der Waals surface area contributed by atoms with Crippen molar-refractivity contribution in [3.63, 3.8) is 0 Å². The lowest BCUT2D eigenvalue weighted by Crippen LogP contribution is -2.18. The van der Waals surface area contributed by atoms with E-state index in [1.807, 2.05) is 60.7 Å². The van der Waals surface area contributed by atoms with E-state index in [1.165, 1.54) is 6.21 Å². The largest absolute Gasteiger partial charge is 0.457 e. The standard InChI is InChI=1S/C27H21N3O3/c31-26(21-10-3-1-4-11-21)29-23-13-8-12-22(18-23)27(32)30-28-19-20-9-7-16-25(17-20)33-24-14-5-2-6-15-24/h1-19H,(H,29,31)(H,30,32)/b28-19+.